The quantitative estimate of drug-likeness (QED) is 0.777. The third kappa shape index (κ3) is 3.23. The number of benzene rings is 2. The Labute approximate surface area is 136 Å². The Kier molecular flexibility index (Phi) is 3.90. The first kappa shape index (κ1) is 16.0. The lowest BCUT2D eigenvalue weighted by Gasteiger charge is -2.30. The monoisotopic (exact) mass is 316 g/mol. The Morgan fingerprint density at radius 2 is 1.48 bits per heavy atom. The molecule has 1 heterocycles. The zero-order chi connectivity index (χ0) is 16.7. The van der Waals surface area contributed by atoms with E-state index in [0.29, 0.717) is 11.5 Å². The summed E-state index contributed by atoms with van der Waals surface area (Å²) in [4.78, 5) is 0. The predicted molar refractivity (Wildman–Crippen MR) is 86.0 cm³/mol. The van der Waals surface area contributed by atoms with Crippen molar-refractivity contribution in [3.8, 4) is 11.5 Å². The first-order valence-electron chi connectivity index (χ1n) is 7.66. The summed E-state index contributed by atoms with van der Waals surface area (Å²) in [6.45, 7) is 8.09. The Hall–Kier alpha value is -1.91. The van der Waals surface area contributed by atoms with E-state index in [9.17, 15) is 4.39 Å². The van der Waals surface area contributed by atoms with E-state index in [-0.39, 0.29) is 17.0 Å². The van der Waals surface area contributed by atoms with Crippen LogP contribution in [-0.2, 0) is 9.47 Å². The van der Waals surface area contributed by atoms with Gasteiger partial charge in [0.1, 0.15) is 17.3 Å². The Morgan fingerprint density at radius 1 is 0.870 bits per heavy atom. The molecule has 4 heteroatoms. The van der Waals surface area contributed by atoms with Gasteiger partial charge in [0, 0.05) is 11.6 Å². The topological polar surface area (TPSA) is 27.7 Å². The smallest absolute Gasteiger partial charge is 0.185 e. The van der Waals surface area contributed by atoms with E-state index in [4.69, 9.17) is 14.2 Å². The summed E-state index contributed by atoms with van der Waals surface area (Å²) in [5.41, 5.74) is 0.193. The molecule has 2 aromatic rings. The number of rotatable bonds is 3. The van der Waals surface area contributed by atoms with Crippen molar-refractivity contribution in [2.75, 3.05) is 0 Å². The van der Waals surface area contributed by atoms with Gasteiger partial charge in [-0.3, -0.25) is 0 Å². The van der Waals surface area contributed by atoms with Crippen molar-refractivity contribution in [2.24, 2.45) is 0 Å². The van der Waals surface area contributed by atoms with Crippen molar-refractivity contribution in [2.45, 2.75) is 45.2 Å². The van der Waals surface area contributed by atoms with E-state index in [0.717, 1.165) is 5.56 Å². The predicted octanol–water partition coefficient (Wildman–Crippen LogP) is 5.22. The second-order valence-electron chi connectivity index (χ2n) is 6.72. The van der Waals surface area contributed by atoms with Gasteiger partial charge < -0.3 is 14.2 Å². The summed E-state index contributed by atoms with van der Waals surface area (Å²) < 4.78 is 30.8. The van der Waals surface area contributed by atoms with Crippen molar-refractivity contribution in [1.29, 1.82) is 0 Å². The third-order valence-corrected chi connectivity index (χ3v) is 4.44. The molecule has 0 aliphatic carbocycles. The molecule has 0 amide bonds. The highest BCUT2D eigenvalue weighted by Gasteiger charge is 2.49. The van der Waals surface area contributed by atoms with Gasteiger partial charge >= 0.3 is 0 Å². The molecule has 2 aromatic carbocycles. The lowest BCUT2D eigenvalue weighted by atomic mass is 9.90. The van der Waals surface area contributed by atoms with Crippen LogP contribution in [0.1, 0.15) is 39.5 Å². The fraction of sp³-hybridized carbons (Fsp3) is 0.368. The van der Waals surface area contributed by atoms with Crippen LogP contribution >= 0.6 is 0 Å². The second kappa shape index (κ2) is 5.62. The van der Waals surface area contributed by atoms with Crippen molar-refractivity contribution in [3.63, 3.8) is 0 Å². The zero-order valence-electron chi connectivity index (χ0n) is 13.8. The molecule has 0 unspecified atom stereocenters. The van der Waals surface area contributed by atoms with Crippen LogP contribution in [0.25, 0.3) is 0 Å². The largest absolute Gasteiger partial charge is 0.457 e. The molecule has 3 rings (SSSR count). The molecular weight excluding hydrogens is 295 g/mol. The van der Waals surface area contributed by atoms with Crippen LogP contribution in [0.5, 0.6) is 11.5 Å². The van der Waals surface area contributed by atoms with Gasteiger partial charge in [-0.15, -0.1) is 0 Å². The molecule has 1 aliphatic heterocycles. The number of halogens is 1. The minimum Gasteiger partial charge on any atom is -0.457 e. The number of hydrogen-bond acceptors (Lipinski definition) is 3. The van der Waals surface area contributed by atoms with Crippen LogP contribution in [0.4, 0.5) is 4.39 Å². The maximum absolute atomic E-state index is 13.2. The molecule has 1 aliphatic rings. The van der Waals surface area contributed by atoms with E-state index >= 15 is 0 Å². The normalized spacial score (nSPS) is 19.7. The Balaban J connectivity index is 1.73. The summed E-state index contributed by atoms with van der Waals surface area (Å²) in [7, 11) is 0. The fourth-order valence-electron chi connectivity index (χ4n) is 2.34. The molecular formula is C19H21FO3. The molecule has 0 atom stereocenters. The zero-order valence-corrected chi connectivity index (χ0v) is 13.8. The SMILES string of the molecule is CC1(C)OC(c2ccc(Oc3cccc(F)c3)cc2)OC1(C)C. The van der Waals surface area contributed by atoms with Crippen LogP contribution in [0.15, 0.2) is 48.5 Å². The molecule has 0 radical (unpaired) electrons. The van der Waals surface area contributed by atoms with Gasteiger partial charge in [0.05, 0.1) is 11.2 Å². The fourth-order valence-corrected chi connectivity index (χ4v) is 2.34. The summed E-state index contributed by atoms with van der Waals surface area (Å²) in [6, 6.07) is 13.5. The van der Waals surface area contributed by atoms with Gasteiger partial charge in [-0.1, -0.05) is 18.2 Å². The standard InChI is InChI=1S/C19H21FO3/c1-18(2)19(3,4)23-17(22-18)13-8-10-15(11-9-13)21-16-7-5-6-14(20)12-16/h5-12,17H,1-4H3. The van der Waals surface area contributed by atoms with Crippen molar-refractivity contribution >= 4 is 0 Å². The van der Waals surface area contributed by atoms with Crippen LogP contribution in [0.3, 0.4) is 0 Å². The van der Waals surface area contributed by atoms with Crippen LogP contribution in [-0.4, -0.2) is 11.2 Å². The van der Waals surface area contributed by atoms with Gasteiger partial charge in [-0.25, -0.2) is 4.39 Å². The maximum Gasteiger partial charge on any atom is 0.185 e. The lowest BCUT2D eigenvalue weighted by Crippen LogP contribution is -2.41. The minimum absolute atomic E-state index is 0.323. The van der Waals surface area contributed by atoms with Crippen LogP contribution < -0.4 is 4.74 Å². The summed E-state index contributed by atoms with van der Waals surface area (Å²) >= 11 is 0. The molecule has 1 fully saturated rings. The summed E-state index contributed by atoms with van der Waals surface area (Å²) in [5, 5.41) is 0. The number of hydrogen-bond donors (Lipinski definition) is 0. The lowest BCUT2D eigenvalue weighted by molar-refractivity contribution is -0.0895. The van der Waals surface area contributed by atoms with Crippen molar-refractivity contribution < 1.29 is 18.6 Å². The third-order valence-electron chi connectivity index (χ3n) is 4.44. The van der Waals surface area contributed by atoms with Crippen LogP contribution in [0, 0.1) is 5.82 Å². The van der Waals surface area contributed by atoms with E-state index in [1.54, 1.807) is 12.1 Å². The highest BCUT2D eigenvalue weighted by atomic mass is 19.1. The molecule has 3 nitrogen and oxygen atoms in total. The summed E-state index contributed by atoms with van der Waals surface area (Å²) in [6.07, 6.45) is -0.400. The van der Waals surface area contributed by atoms with Gasteiger partial charge in [0.15, 0.2) is 6.29 Å². The van der Waals surface area contributed by atoms with Crippen molar-refractivity contribution in [1.82, 2.24) is 0 Å². The Morgan fingerprint density at radius 3 is 2.04 bits per heavy atom. The van der Waals surface area contributed by atoms with Gasteiger partial charge in [0.25, 0.3) is 0 Å². The molecule has 0 bridgehead atoms. The highest BCUT2D eigenvalue weighted by Crippen LogP contribution is 2.44. The Bertz CT molecular complexity index is 676. The molecule has 122 valence electrons. The molecule has 0 aromatic heterocycles. The number of ether oxygens (including phenoxy) is 3. The average molecular weight is 316 g/mol. The first-order valence-corrected chi connectivity index (χ1v) is 7.66. The average Bonchev–Trinajstić information content (AvgIpc) is 2.68. The highest BCUT2D eigenvalue weighted by molar-refractivity contribution is 5.34. The first-order chi connectivity index (χ1) is 10.8. The molecule has 0 saturated carbocycles. The molecule has 1 saturated heterocycles. The summed E-state index contributed by atoms with van der Waals surface area (Å²) in [5.74, 6) is 0.778. The van der Waals surface area contributed by atoms with Gasteiger partial charge in [0.2, 0.25) is 0 Å². The molecule has 0 spiro atoms. The van der Waals surface area contributed by atoms with E-state index in [1.165, 1.54) is 12.1 Å². The van der Waals surface area contributed by atoms with Gasteiger partial charge in [-0.2, -0.15) is 0 Å². The van der Waals surface area contributed by atoms with Gasteiger partial charge in [-0.05, 0) is 52.0 Å². The van der Waals surface area contributed by atoms with Crippen LogP contribution in [0.2, 0.25) is 0 Å². The van der Waals surface area contributed by atoms with E-state index in [2.05, 4.69) is 0 Å². The van der Waals surface area contributed by atoms with E-state index in [1.807, 2.05) is 52.0 Å². The van der Waals surface area contributed by atoms with Crippen molar-refractivity contribution in [3.05, 3.63) is 59.9 Å². The minimum atomic E-state index is -0.400. The molecule has 0 N–H and O–H groups in total. The maximum atomic E-state index is 13.2. The van der Waals surface area contributed by atoms with E-state index < -0.39 is 6.29 Å². The molecule has 23 heavy (non-hydrogen) atoms. The second-order valence-corrected chi connectivity index (χ2v) is 6.72.